The number of nitrogens with one attached hydrogen (secondary N) is 2. The van der Waals surface area contributed by atoms with Crippen LogP contribution in [0.15, 0.2) is 18.5 Å². The van der Waals surface area contributed by atoms with Crippen LogP contribution in [0.2, 0.25) is 0 Å². The molecule has 1 aromatic carbocycles. The van der Waals surface area contributed by atoms with Crippen molar-refractivity contribution in [3.63, 3.8) is 0 Å². The van der Waals surface area contributed by atoms with Crippen LogP contribution in [0.3, 0.4) is 0 Å². The van der Waals surface area contributed by atoms with Gasteiger partial charge < -0.3 is 15.0 Å². The number of anilines is 1. The fourth-order valence-electron chi connectivity index (χ4n) is 2.86. The summed E-state index contributed by atoms with van der Waals surface area (Å²) in [6.07, 6.45) is 3.94. The number of carbonyl (C=O) groups is 1. The Labute approximate surface area is 137 Å². The van der Waals surface area contributed by atoms with Crippen LogP contribution in [0.1, 0.15) is 31.1 Å². The van der Waals surface area contributed by atoms with E-state index in [1.807, 2.05) is 0 Å². The van der Waals surface area contributed by atoms with Crippen LogP contribution in [-0.4, -0.2) is 39.8 Å². The molecule has 0 bridgehead atoms. The number of likely N-dealkylation sites (tertiary alicyclic amines) is 1. The summed E-state index contributed by atoms with van der Waals surface area (Å²) in [5.41, 5.74) is 0.0256. The molecule has 7 nitrogen and oxygen atoms in total. The lowest BCUT2D eigenvalue weighted by atomic mass is 10.0. The number of carbonyl (C=O) groups excluding carboxylic acids is 1. The normalized spacial score (nSPS) is 17.6. The number of hydrogen-bond donors (Lipinski definition) is 2. The number of halogens is 2. The molecule has 2 aromatic rings. The van der Waals surface area contributed by atoms with Crippen LogP contribution in [0.25, 0.3) is 0 Å². The molecule has 1 aromatic heterocycles. The monoisotopic (exact) mass is 337 g/mol. The van der Waals surface area contributed by atoms with Crippen molar-refractivity contribution in [2.45, 2.75) is 25.3 Å². The molecule has 0 spiro atoms. The minimum Gasteiger partial charge on any atom is -0.491 e. The van der Waals surface area contributed by atoms with Gasteiger partial charge in [0.1, 0.15) is 12.2 Å². The van der Waals surface area contributed by atoms with Crippen molar-refractivity contribution in [2.75, 3.05) is 19.0 Å². The Morgan fingerprint density at radius 3 is 2.75 bits per heavy atom. The van der Waals surface area contributed by atoms with E-state index in [0.29, 0.717) is 12.4 Å². The predicted octanol–water partition coefficient (Wildman–Crippen LogP) is 2.85. The molecule has 2 amide bonds. The highest BCUT2D eigenvalue weighted by atomic mass is 19.1. The van der Waals surface area contributed by atoms with Gasteiger partial charge in [0.05, 0.1) is 13.2 Å². The Hall–Kier alpha value is -2.71. The molecule has 1 saturated heterocycles. The minimum absolute atomic E-state index is 0.0256. The number of piperidine rings is 1. The maximum absolute atomic E-state index is 13.8. The third kappa shape index (κ3) is 3.15. The second kappa shape index (κ2) is 6.81. The molecule has 9 heteroatoms. The third-order valence-electron chi connectivity index (χ3n) is 3.97. The van der Waals surface area contributed by atoms with Crippen LogP contribution in [0.5, 0.6) is 5.75 Å². The van der Waals surface area contributed by atoms with Crippen molar-refractivity contribution < 1.29 is 18.3 Å². The highest BCUT2D eigenvalue weighted by Gasteiger charge is 2.30. The first-order valence-corrected chi connectivity index (χ1v) is 7.56. The number of methoxy groups -OCH3 is 1. The lowest BCUT2D eigenvalue weighted by Gasteiger charge is -2.34. The summed E-state index contributed by atoms with van der Waals surface area (Å²) < 4.78 is 32.1. The summed E-state index contributed by atoms with van der Waals surface area (Å²) in [6, 6.07) is 1.36. The van der Waals surface area contributed by atoms with Crippen molar-refractivity contribution in [2.24, 2.45) is 0 Å². The van der Waals surface area contributed by atoms with Crippen molar-refractivity contribution >= 4 is 11.7 Å². The SMILES string of the molecule is COc1c(F)cc(NC(=O)N2CCCCC2c2ncn[nH]2)cc1F. The third-order valence-corrected chi connectivity index (χ3v) is 3.97. The first kappa shape index (κ1) is 16.2. The zero-order chi connectivity index (χ0) is 17.1. The van der Waals surface area contributed by atoms with E-state index in [1.165, 1.54) is 13.4 Å². The Morgan fingerprint density at radius 2 is 2.12 bits per heavy atom. The van der Waals surface area contributed by atoms with Gasteiger partial charge in [0, 0.05) is 24.4 Å². The number of H-pyrrole nitrogens is 1. The van der Waals surface area contributed by atoms with E-state index in [1.54, 1.807) is 4.90 Å². The molecule has 0 aliphatic carbocycles. The summed E-state index contributed by atoms with van der Waals surface area (Å²) in [4.78, 5) is 18.2. The fourth-order valence-corrected chi connectivity index (χ4v) is 2.86. The molecule has 1 aliphatic heterocycles. The number of ether oxygens (including phenoxy) is 1. The van der Waals surface area contributed by atoms with E-state index in [-0.39, 0.29) is 11.7 Å². The van der Waals surface area contributed by atoms with Gasteiger partial charge >= 0.3 is 6.03 Å². The van der Waals surface area contributed by atoms with E-state index in [2.05, 4.69) is 25.2 Å². The highest BCUT2D eigenvalue weighted by molar-refractivity contribution is 5.89. The zero-order valence-corrected chi connectivity index (χ0v) is 13.1. The smallest absolute Gasteiger partial charge is 0.322 e. The molecule has 1 unspecified atom stereocenters. The maximum Gasteiger partial charge on any atom is 0.322 e. The quantitative estimate of drug-likeness (QED) is 0.902. The average molecular weight is 337 g/mol. The molecule has 2 N–H and O–H groups in total. The zero-order valence-electron chi connectivity index (χ0n) is 13.1. The molecule has 0 saturated carbocycles. The number of amides is 2. The molecule has 1 atom stereocenters. The fraction of sp³-hybridized carbons (Fsp3) is 0.400. The second-order valence-electron chi connectivity index (χ2n) is 5.48. The maximum atomic E-state index is 13.8. The first-order chi connectivity index (χ1) is 11.6. The molecule has 1 aliphatic rings. The van der Waals surface area contributed by atoms with Gasteiger partial charge in [-0.3, -0.25) is 5.10 Å². The summed E-state index contributed by atoms with van der Waals surface area (Å²) in [5, 5.41) is 9.11. The number of aromatic amines is 1. The second-order valence-corrected chi connectivity index (χ2v) is 5.48. The predicted molar refractivity (Wildman–Crippen MR) is 81.6 cm³/mol. The van der Waals surface area contributed by atoms with Gasteiger partial charge in [-0.1, -0.05) is 0 Å². The topological polar surface area (TPSA) is 83.1 Å². The van der Waals surface area contributed by atoms with Crippen LogP contribution < -0.4 is 10.1 Å². The van der Waals surface area contributed by atoms with E-state index in [4.69, 9.17) is 0 Å². The molecule has 0 radical (unpaired) electrons. The average Bonchev–Trinajstić information content (AvgIpc) is 3.09. The standard InChI is InChI=1S/C15H17F2N5O2/c1-24-13-10(16)6-9(7-11(13)17)20-15(23)22-5-3-2-4-12(22)14-18-8-19-21-14/h6-8,12H,2-5H2,1H3,(H,20,23)(H,18,19,21). The van der Waals surface area contributed by atoms with Gasteiger partial charge in [-0.15, -0.1) is 0 Å². The number of nitrogens with zero attached hydrogens (tertiary/aromatic N) is 3. The number of urea groups is 1. The number of hydrogen-bond acceptors (Lipinski definition) is 4. The van der Waals surface area contributed by atoms with E-state index in [0.717, 1.165) is 31.4 Å². The number of aromatic nitrogens is 3. The molecule has 24 heavy (non-hydrogen) atoms. The van der Waals surface area contributed by atoms with Crippen LogP contribution in [0.4, 0.5) is 19.3 Å². The van der Waals surface area contributed by atoms with Gasteiger partial charge in [0.15, 0.2) is 17.4 Å². The summed E-state index contributed by atoms with van der Waals surface area (Å²) in [7, 11) is 1.18. The van der Waals surface area contributed by atoms with Crippen molar-refractivity contribution in [3.05, 3.63) is 35.9 Å². The van der Waals surface area contributed by atoms with E-state index >= 15 is 0 Å². The number of rotatable bonds is 3. The van der Waals surface area contributed by atoms with Crippen molar-refractivity contribution in [1.82, 2.24) is 20.1 Å². The lowest BCUT2D eigenvalue weighted by Crippen LogP contribution is -2.41. The lowest BCUT2D eigenvalue weighted by molar-refractivity contribution is 0.159. The summed E-state index contributed by atoms with van der Waals surface area (Å²) >= 11 is 0. The van der Waals surface area contributed by atoms with E-state index in [9.17, 15) is 13.6 Å². The Balaban J connectivity index is 1.78. The van der Waals surface area contributed by atoms with Gasteiger partial charge in [-0.05, 0) is 19.3 Å². The molecular weight excluding hydrogens is 320 g/mol. The molecule has 128 valence electrons. The summed E-state index contributed by atoms with van der Waals surface area (Å²) in [6.45, 7) is 0.526. The Morgan fingerprint density at radius 1 is 1.38 bits per heavy atom. The summed E-state index contributed by atoms with van der Waals surface area (Å²) in [5.74, 6) is -1.64. The largest absolute Gasteiger partial charge is 0.491 e. The number of benzene rings is 1. The van der Waals surface area contributed by atoms with Crippen LogP contribution in [-0.2, 0) is 0 Å². The van der Waals surface area contributed by atoms with Crippen LogP contribution in [0, 0.1) is 11.6 Å². The first-order valence-electron chi connectivity index (χ1n) is 7.56. The highest BCUT2D eigenvalue weighted by Crippen LogP contribution is 2.30. The van der Waals surface area contributed by atoms with Gasteiger partial charge in [0.2, 0.25) is 0 Å². The van der Waals surface area contributed by atoms with Gasteiger partial charge in [-0.2, -0.15) is 5.10 Å². The minimum atomic E-state index is -0.877. The molecular formula is C15H17F2N5O2. The molecule has 1 fully saturated rings. The molecule has 2 heterocycles. The van der Waals surface area contributed by atoms with Gasteiger partial charge in [-0.25, -0.2) is 18.6 Å². The van der Waals surface area contributed by atoms with Crippen molar-refractivity contribution in [1.29, 1.82) is 0 Å². The Kier molecular flexibility index (Phi) is 4.59. The van der Waals surface area contributed by atoms with Crippen LogP contribution >= 0.6 is 0 Å². The van der Waals surface area contributed by atoms with E-state index < -0.39 is 23.4 Å². The Bertz CT molecular complexity index is 700. The van der Waals surface area contributed by atoms with Crippen molar-refractivity contribution in [3.8, 4) is 5.75 Å². The van der Waals surface area contributed by atoms with Gasteiger partial charge in [0.25, 0.3) is 0 Å². The molecule has 3 rings (SSSR count).